The molecule has 0 saturated heterocycles. The number of nitrogens with zero attached hydrogens (tertiary/aromatic N) is 3. The molecule has 2 amide bonds. The number of aromatic nitrogens is 2. The first-order valence-electron chi connectivity index (χ1n) is 7.53. The molecule has 26 heavy (non-hydrogen) atoms. The van der Waals surface area contributed by atoms with Gasteiger partial charge in [-0.15, -0.1) is 0 Å². The number of amides is 2. The second kappa shape index (κ2) is 8.66. The molecule has 0 unspecified atom stereocenters. The molecule has 0 atom stereocenters. The Morgan fingerprint density at radius 3 is 2.73 bits per heavy atom. The van der Waals surface area contributed by atoms with Crippen LogP contribution in [0, 0.1) is 11.3 Å². The molecule has 1 heterocycles. The summed E-state index contributed by atoms with van der Waals surface area (Å²) in [5.41, 5.74) is 0.227. The molecular weight excluding hydrogens is 349 g/mol. The van der Waals surface area contributed by atoms with Crippen molar-refractivity contribution in [2.75, 3.05) is 18.4 Å². The number of nitriles is 1. The number of halogens is 3. The first-order chi connectivity index (χ1) is 12.4. The van der Waals surface area contributed by atoms with Gasteiger partial charge in [-0.25, -0.2) is 14.8 Å². The zero-order valence-corrected chi connectivity index (χ0v) is 13.5. The van der Waals surface area contributed by atoms with Gasteiger partial charge in [-0.3, -0.25) is 0 Å². The van der Waals surface area contributed by atoms with E-state index in [1.165, 1.54) is 0 Å². The number of benzene rings is 1. The Kier molecular flexibility index (Phi) is 6.32. The summed E-state index contributed by atoms with van der Waals surface area (Å²) in [6.45, 7) is 0.549. The van der Waals surface area contributed by atoms with E-state index >= 15 is 0 Å². The number of hydrogen-bond donors (Lipinski definition) is 3. The van der Waals surface area contributed by atoms with E-state index in [0.717, 1.165) is 17.8 Å². The van der Waals surface area contributed by atoms with Crippen molar-refractivity contribution in [1.29, 1.82) is 5.26 Å². The number of nitrogens with one attached hydrogen (secondary N) is 3. The molecule has 2 aromatic rings. The summed E-state index contributed by atoms with van der Waals surface area (Å²) >= 11 is 0. The van der Waals surface area contributed by atoms with Gasteiger partial charge in [0.25, 0.3) is 0 Å². The Balaban J connectivity index is 1.71. The number of rotatable bonds is 6. The van der Waals surface area contributed by atoms with Crippen LogP contribution in [0.15, 0.2) is 36.5 Å². The SMILES string of the molecule is N#Cc1cccc(CNC(=O)NCCNc2nccc(C(F)(F)F)n2)c1. The van der Waals surface area contributed by atoms with Crippen molar-refractivity contribution in [2.45, 2.75) is 12.7 Å². The highest BCUT2D eigenvalue weighted by Gasteiger charge is 2.32. The van der Waals surface area contributed by atoms with Crippen LogP contribution in [0.1, 0.15) is 16.8 Å². The lowest BCUT2D eigenvalue weighted by atomic mass is 10.1. The number of urea groups is 1. The van der Waals surface area contributed by atoms with Crippen LogP contribution < -0.4 is 16.0 Å². The van der Waals surface area contributed by atoms with Gasteiger partial charge in [0.15, 0.2) is 0 Å². The topological polar surface area (TPSA) is 103 Å². The van der Waals surface area contributed by atoms with E-state index in [-0.39, 0.29) is 25.6 Å². The molecule has 0 spiro atoms. The lowest BCUT2D eigenvalue weighted by Gasteiger charge is -2.10. The van der Waals surface area contributed by atoms with E-state index in [0.29, 0.717) is 5.56 Å². The lowest BCUT2D eigenvalue weighted by Crippen LogP contribution is -2.37. The minimum Gasteiger partial charge on any atom is -0.352 e. The van der Waals surface area contributed by atoms with Crippen molar-refractivity contribution < 1.29 is 18.0 Å². The van der Waals surface area contributed by atoms with Crippen LogP contribution in [-0.2, 0) is 12.7 Å². The molecule has 0 aliphatic rings. The predicted molar refractivity (Wildman–Crippen MR) is 86.9 cm³/mol. The average Bonchev–Trinajstić information content (AvgIpc) is 2.63. The highest BCUT2D eigenvalue weighted by molar-refractivity contribution is 5.73. The third-order valence-corrected chi connectivity index (χ3v) is 3.15. The van der Waals surface area contributed by atoms with Crippen molar-refractivity contribution in [2.24, 2.45) is 0 Å². The summed E-state index contributed by atoms with van der Waals surface area (Å²) in [6.07, 6.45) is -3.53. The summed E-state index contributed by atoms with van der Waals surface area (Å²) in [4.78, 5) is 18.7. The monoisotopic (exact) mass is 364 g/mol. The normalized spacial score (nSPS) is 10.7. The lowest BCUT2D eigenvalue weighted by molar-refractivity contribution is -0.141. The minimum atomic E-state index is -4.54. The summed E-state index contributed by atoms with van der Waals surface area (Å²) in [7, 11) is 0. The molecule has 7 nitrogen and oxygen atoms in total. The summed E-state index contributed by atoms with van der Waals surface area (Å²) < 4.78 is 37.6. The van der Waals surface area contributed by atoms with Gasteiger partial charge >= 0.3 is 12.2 Å². The van der Waals surface area contributed by atoms with Gasteiger partial charge in [0.1, 0.15) is 5.69 Å². The fourth-order valence-corrected chi connectivity index (χ4v) is 1.95. The van der Waals surface area contributed by atoms with Gasteiger partial charge < -0.3 is 16.0 Å². The summed E-state index contributed by atoms with van der Waals surface area (Å²) in [5, 5.41) is 16.6. The van der Waals surface area contributed by atoms with Gasteiger partial charge in [0.05, 0.1) is 11.6 Å². The molecule has 0 fully saturated rings. The Labute approximate surface area is 147 Å². The fourth-order valence-electron chi connectivity index (χ4n) is 1.95. The van der Waals surface area contributed by atoms with Crippen LogP contribution in [0.25, 0.3) is 0 Å². The Bertz CT molecular complexity index is 803. The Hall–Kier alpha value is -3.35. The zero-order chi connectivity index (χ0) is 19.0. The van der Waals surface area contributed by atoms with Crippen LogP contribution in [0.5, 0.6) is 0 Å². The van der Waals surface area contributed by atoms with Gasteiger partial charge in [-0.05, 0) is 23.8 Å². The van der Waals surface area contributed by atoms with Crippen LogP contribution in [0.4, 0.5) is 23.9 Å². The number of alkyl halides is 3. The van der Waals surface area contributed by atoms with Crippen LogP contribution in [0.2, 0.25) is 0 Å². The highest BCUT2D eigenvalue weighted by Crippen LogP contribution is 2.27. The Morgan fingerprint density at radius 2 is 2.00 bits per heavy atom. The maximum Gasteiger partial charge on any atom is 0.433 e. The molecule has 136 valence electrons. The molecular formula is C16H15F3N6O. The second-order valence-electron chi connectivity index (χ2n) is 5.11. The first-order valence-corrected chi connectivity index (χ1v) is 7.53. The van der Waals surface area contributed by atoms with Crippen molar-refractivity contribution in [1.82, 2.24) is 20.6 Å². The molecule has 3 N–H and O–H groups in total. The molecule has 1 aromatic heterocycles. The maximum atomic E-state index is 12.5. The molecule has 2 rings (SSSR count). The average molecular weight is 364 g/mol. The summed E-state index contributed by atoms with van der Waals surface area (Å²) in [5.74, 6) is -0.171. The van der Waals surface area contributed by atoms with Crippen molar-refractivity contribution in [3.05, 3.63) is 53.3 Å². The van der Waals surface area contributed by atoms with E-state index in [2.05, 4.69) is 25.9 Å². The molecule has 0 aliphatic carbocycles. The molecule has 10 heteroatoms. The molecule has 1 aromatic carbocycles. The molecule has 0 aliphatic heterocycles. The van der Waals surface area contributed by atoms with E-state index in [1.54, 1.807) is 24.3 Å². The van der Waals surface area contributed by atoms with Gasteiger partial charge in [0, 0.05) is 25.8 Å². The minimum absolute atomic E-state index is 0.151. The summed E-state index contributed by atoms with van der Waals surface area (Å²) in [6, 6.07) is 9.14. The van der Waals surface area contributed by atoms with E-state index in [9.17, 15) is 18.0 Å². The third kappa shape index (κ3) is 5.94. The number of anilines is 1. The number of carbonyl (C=O) groups excluding carboxylic acids is 1. The predicted octanol–water partition coefficient (Wildman–Crippen LogP) is 2.28. The van der Waals surface area contributed by atoms with Gasteiger partial charge in [0.2, 0.25) is 5.95 Å². The van der Waals surface area contributed by atoms with Crippen molar-refractivity contribution in [3.63, 3.8) is 0 Å². The molecule has 0 radical (unpaired) electrons. The van der Waals surface area contributed by atoms with Crippen molar-refractivity contribution in [3.8, 4) is 6.07 Å². The largest absolute Gasteiger partial charge is 0.433 e. The zero-order valence-electron chi connectivity index (χ0n) is 13.5. The standard InChI is InChI=1S/C16H15F3N6O/c17-16(18,19)13-4-5-21-14(25-13)22-6-7-23-15(26)24-10-12-3-1-2-11(8-12)9-20/h1-5,8H,6-7,10H2,(H,21,22,25)(H2,23,24,26). The number of hydrogen-bond acceptors (Lipinski definition) is 5. The second-order valence-corrected chi connectivity index (χ2v) is 5.11. The molecule has 0 bridgehead atoms. The van der Waals surface area contributed by atoms with Crippen LogP contribution in [-0.4, -0.2) is 29.1 Å². The van der Waals surface area contributed by atoms with Gasteiger partial charge in [-0.2, -0.15) is 18.4 Å². The van der Waals surface area contributed by atoms with Gasteiger partial charge in [-0.1, -0.05) is 12.1 Å². The molecule has 0 saturated carbocycles. The van der Waals surface area contributed by atoms with Crippen LogP contribution >= 0.6 is 0 Å². The third-order valence-electron chi connectivity index (χ3n) is 3.15. The van der Waals surface area contributed by atoms with E-state index in [1.807, 2.05) is 6.07 Å². The highest BCUT2D eigenvalue weighted by atomic mass is 19.4. The maximum absolute atomic E-state index is 12.5. The smallest absolute Gasteiger partial charge is 0.352 e. The van der Waals surface area contributed by atoms with Crippen LogP contribution in [0.3, 0.4) is 0 Å². The fraction of sp³-hybridized carbons (Fsp3) is 0.250. The Morgan fingerprint density at radius 1 is 1.19 bits per heavy atom. The first kappa shape index (κ1) is 19.0. The van der Waals surface area contributed by atoms with E-state index in [4.69, 9.17) is 5.26 Å². The quantitative estimate of drug-likeness (QED) is 0.683. The van der Waals surface area contributed by atoms with E-state index < -0.39 is 17.9 Å². The van der Waals surface area contributed by atoms with Crippen molar-refractivity contribution >= 4 is 12.0 Å². The number of carbonyl (C=O) groups is 1.